The number of fused-ring (bicyclic) bond motifs is 1. The van der Waals surface area contributed by atoms with Gasteiger partial charge in [0.15, 0.2) is 0 Å². The molecule has 108 valence electrons. The average molecular weight is 281 g/mol. The van der Waals surface area contributed by atoms with Gasteiger partial charge in [-0.15, -0.1) is 0 Å². The topological polar surface area (TPSA) is 65.5 Å². The molecular formula is C17H17N2O2-. The maximum atomic E-state index is 11.7. The summed E-state index contributed by atoms with van der Waals surface area (Å²) in [5, 5.41) is 13.7. The van der Waals surface area contributed by atoms with Crippen LogP contribution in [0.3, 0.4) is 0 Å². The van der Waals surface area contributed by atoms with Gasteiger partial charge in [0.05, 0.1) is 0 Å². The number of anilines is 1. The van der Waals surface area contributed by atoms with Crippen molar-refractivity contribution in [2.24, 2.45) is 0 Å². The monoisotopic (exact) mass is 281 g/mol. The number of hydroxylamine groups is 2. The van der Waals surface area contributed by atoms with Crippen LogP contribution in [0.15, 0.2) is 59.1 Å². The lowest BCUT2D eigenvalue weighted by molar-refractivity contribution is 0.382. The Morgan fingerprint density at radius 1 is 1.29 bits per heavy atom. The Hall–Kier alpha value is -2.30. The van der Waals surface area contributed by atoms with E-state index in [1.165, 1.54) is 0 Å². The molecule has 0 bridgehead atoms. The third-order valence-corrected chi connectivity index (χ3v) is 3.53. The molecule has 21 heavy (non-hydrogen) atoms. The Morgan fingerprint density at radius 3 is 2.95 bits per heavy atom. The molecule has 1 heterocycles. The summed E-state index contributed by atoms with van der Waals surface area (Å²) in [6.45, 7) is 2.30. The van der Waals surface area contributed by atoms with E-state index < -0.39 is 0 Å². The van der Waals surface area contributed by atoms with Crippen molar-refractivity contribution in [3.05, 3.63) is 65.6 Å². The molecule has 0 spiro atoms. The summed E-state index contributed by atoms with van der Waals surface area (Å²) in [6, 6.07) is 7.30. The van der Waals surface area contributed by atoms with Gasteiger partial charge >= 0.3 is 0 Å². The van der Waals surface area contributed by atoms with Crippen LogP contribution >= 0.6 is 0 Å². The Morgan fingerprint density at radius 2 is 2.14 bits per heavy atom. The molecule has 1 aromatic heterocycles. The summed E-state index contributed by atoms with van der Waals surface area (Å²) in [5.41, 5.74) is 8.24. The van der Waals surface area contributed by atoms with Crippen LogP contribution in [0, 0.1) is 5.21 Å². The van der Waals surface area contributed by atoms with Crippen molar-refractivity contribution in [3.63, 3.8) is 0 Å². The van der Waals surface area contributed by atoms with Gasteiger partial charge in [-0.25, -0.2) is 0 Å². The fraction of sp³-hybridized carbons (Fsp3) is 0.176. The summed E-state index contributed by atoms with van der Waals surface area (Å²) >= 11 is 0. The summed E-state index contributed by atoms with van der Waals surface area (Å²) < 4.78 is 5.84. The van der Waals surface area contributed by atoms with Gasteiger partial charge in [0.25, 0.3) is 0 Å². The summed E-state index contributed by atoms with van der Waals surface area (Å²) in [4.78, 5) is 0. The standard InChI is InChI=1S/C17H17N2O2/c1-2-19(20)15-5-3-4-12(6-8-15)17-11-13-10-14(18)7-9-16(13)21-17/h3-11,15H,2,18H2,1H3/q-1. The number of rotatable bonds is 3. The van der Waals surface area contributed by atoms with E-state index in [1.807, 2.05) is 61.6 Å². The van der Waals surface area contributed by atoms with Crippen LogP contribution in [0.25, 0.3) is 16.5 Å². The van der Waals surface area contributed by atoms with Gasteiger partial charge in [0, 0.05) is 22.7 Å². The van der Waals surface area contributed by atoms with Crippen molar-refractivity contribution >= 4 is 22.2 Å². The molecule has 1 unspecified atom stereocenters. The summed E-state index contributed by atoms with van der Waals surface area (Å²) in [5.74, 6) is 0.770. The van der Waals surface area contributed by atoms with Crippen LogP contribution in [0.1, 0.15) is 12.7 Å². The van der Waals surface area contributed by atoms with Gasteiger partial charge in [-0.1, -0.05) is 37.3 Å². The van der Waals surface area contributed by atoms with Crippen LogP contribution in [0.5, 0.6) is 0 Å². The predicted octanol–water partition coefficient (Wildman–Crippen LogP) is 3.71. The first-order valence-corrected chi connectivity index (χ1v) is 6.97. The molecule has 0 fully saturated rings. The van der Waals surface area contributed by atoms with Gasteiger partial charge in [0.2, 0.25) is 0 Å². The molecule has 2 aromatic rings. The van der Waals surface area contributed by atoms with Gasteiger partial charge in [0.1, 0.15) is 11.3 Å². The Labute approximate surface area is 123 Å². The number of allylic oxidation sites excluding steroid dienone is 4. The van der Waals surface area contributed by atoms with Crippen LogP contribution in [-0.4, -0.2) is 17.6 Å². The predicted molar refractivity (Wildman–Crippen MR) is 86.4 cm³/mol. The van der Waals surface area contributed by atoms with Crippen molar-refractivity contribution in [2.75, 3.05) is 12.3 Å². The van der Waals surface area contributed by atoms with E-state index in [9.17, 15) is 5.21 Å². The van der Waals surface area contributed by atoms with E-state index in [0.29, 0.717) is 12.2 Å². The molecule has 0 radical (unpaired) electrons. The minimum Gasteiger partial charge on any atom is -0.784 e. The zero-order chi connectivity index (χ0) is 14.8. The van der Waals surface area contributed by atoms with E-state index in [0.717, 1.165) is 27.4 Å². The lowest BCUT2D eigenvalue weighted by Gasteiger charge is -2.31. The van der Waals surface area contributed by atoms with Crippen LogP contribution in [0.4, 0.5) is 5.69 Å². The van der Waals surface area contributed by atoms with E-state index in [2.05, 4.69) is 0 Å². The lowest BCUT2D eigenvalue weighted by Crippen LogP contribution is -2.25. The molecule has 2 N–H and O–H groups in total. The highest BCUT2D eigenvalue weighted by atomic mass is 16.5. The van der Waals surface area contributed by atoms with Crippen molar-refractivity contribution in [2.45, 2.75) is 13.0 Å². The van der Waals surface area contributed by atoms with Crippen LogP contribution in [-0.2, 0) is 0 Å². The molecule has 3 rings (SSSR count). The molecule has 0 aliphatic heterocycles. The molecule has 0 saturated heterocycles. The van der Waals surface area contributed by atoms with Gasteiger partial charge in [-0.2, -0.15) is 0 Å². The zero-order valence-electron chi connectivity index (χ0n) is 11.8. The van der Waals surface area contributed by atoms with Gasteiger partial charge in [-0.05, 0) is 30.8 Å². The number of hydrogen-bond donors (Lipinski definition) is 1. The third kappa shape index (κ3) is 2.77. The van der Waals surface area contributed by atoms with E-state index in [4.69, 9.17) is 10.2 Å². The fourth-order valence-electron chi connectivity index (χ4n) is 2.37. The molecule has 1 aromatic carbocycles. The number of nitrogen functional groups attached to an aromatic ring is 1. The van der Waals surface area contributed by atoms with Crippen LogP contribution < -0.4 is 5.73 Å². The minimum absolute atomic E-state index is 0.233. The maximum absolute atomic E-state index is 11.7. The molecule has 1 aliphatic carbocycles. The van der Waals surface area contributed by atoms with Crippen molar-refractivity contribution in [3.8, 4) is 0 Å². The third-order valence-electron chi connectivity index (χ3n) is 3.53. The largest absolute Gasteiger partial charge is 0.784 e. The Kier molecular flexibility index (Phi) is 3.64. The Balaban J connectivity index is 1.92. The van der Waals surface area contributed by atoms with Crippen molar-refractivity contribution < 1.29 is 4.42 Å². The summed E-state index contributed by atoms with van der Waals surface area (Å²) in [7, 11) is 0. The fourth-order valence-corrected chi connectivity index (χ4v) is 2.37. The second kappa shape index (κ2) is 5.60. The number of nitrogens with zero attached hydrogens (tertiary/aromatic N) is 1. The number of nitrogens with two attached hydrogens (primary N) is 1. The highest BCUT2D eigenvalue weighted by Gasteiger charge is 2.09. The second-order valence-corrected chi connectivity index (χ2v) is 5.00. The molecule has 1 atom stereocenters. The average Bonchev–Trinajstić information content (AvgIpc) is 2.74. The highest BCUT2D eigenvalue weighted by molar-refractivity contribution is 5.86. The molecule has 0 amide bonds. The molecule has 1 aliphatic rings. The number of likely N-dealkylation sites (N-methyl/N-ethyl adjacent to an activating group) is 1. The first-order valence-electron chi connectivity index (χ1n) is 6.97. The molecule has 0 saturated carbocycles. The first-order chi connectivity index (χ1) is 10.2. The number of benzene rings is 1. The van der Waals surface area contributed by atoms with E-state index in [1.54, 1.807) is 0 Å². The first kappa shape index (κ1) is 13.7. The molecule has 4 heteroatoms. The summed E-state index contributed by atoms with van der Waals surface area (Å²) in [6.07, 6.45) is 9.52. The van der Waals surface area contributed by atoms with Gasteiger partial charge < -0.3 is 20.4 Å². The van der Waals surface area contributed by atoms with Crippen LogP contribution in [0.2, 0.25) is 0 Å². The SMILES string of the molecule is CCN([O-])C1C=CC=C(c2cc3cc(N)ccc3o2)C=C1. The van der Waals surface area contributed by atoms with Crippen molar-refractivity contribution in [1.29, 1.82) is 0 Å². The number of furan rings is 1. The lowest BCUT2D eigenvalue weighted by atomic mass is 10.1. The quantitative estimate of drug-likeness (QED) is 0.688. The normalized spacial score (nSPS) is 18.2. The molecular weight excluding hydrogens is 264 g/mol. The maximum Gasteiger partial charge on any atom is 0.135 e. The van der Waals surface area contributed by atoms with E-state index >= 15 is 0 Å². The number of hydrogen-bond acceptors (Lipinski definition) is 4. The second-order valence-electron chi connectivity index (χ2n) is 5.00. The zero-order valence-corrected chi connectivity index (χ0v) is 11.8. The Bertz CT molecular complexity index is 740. The smallest absolute Gasteiger partial charge is 0.135 e. The van der Waals surface area contributed by atoms with Gasteiger partial charge in [-0.3, -0.25) is 0 Å². The highest BCUT2D eigenvalue weighted by Crippen LogP contribution is 2.28. The van der Waals surface area contributed by atoms with Crippen molar-refractivity contribution in [1.82, 2.24) is 5.06 Å². The van der Waals surface area contributed by atoms with E-state index in [-0.39, 0.29) is 6.04 Å². The molecule has 4 nitrogen and oxygen atoms in total. The minimum atomic E-state index is -0.233.